The van der Waals surface area contributed by atoms with Crippen molar-refractivity contribution >= 4 is 5.95 Å². The van der Waals surface area contributed by atoms with Crippen molar-refractivity contribution < 1.29 is 0 Å². The van der Waals surface area contributed by atoms with Gasteiger partial charge in [0.2, 0.25) is 5.95 Å². The third kappa shape index (κ3) is 2.61. The van der Waals surface area contributed by atoms with E-state index < -0.39 is 0 Å². The summed E-state index contributed by atoms with van der Waals surface area (Å²) in [6.45, 7) is 4.97. The lowest BCUT2D eigenvalue weighted by atomic mass is 10.2. The third-order valence-electron chi connectivity index (χ3n) is 2.47. The largest absolute Gasteiger partial charge is 0.354 e. The van der Waals surface area contributed by atoms with Gasteiger partial charge in [-0.1, -0.05) is 6.92 Å². The summed E-state index contributed by atoms with van der Waals surface area (Å²) in [5, 5.41) is 7.36. The average Bonchev–Trinajstić information content (AvgIpc) is 2.72. The minimum absolute atomic E-state index is 0.683. The Hall–Kier alpha value is -1.91. The highest BCUT2D eigenvalue weighted by atomic mass is 15.3. The predicted molar refractivity (Wildman–Crippen MR) is 67.8 cm³/mol. The molecule has 0 unspecified atom stereocenters. The van der Waals surface area contributed by atoms with Crippen LogP contribution in [0.1, 0.15) is 19.0 Å². The summed E-state index contributed by atoms with van der Waals surface area (Å²) in [5.41, 5.74) is 2.85. The van der Waals surface area contributed by atoms with Crippen LogP contribution in [0.4, 0.5) is 5.95 Å². The number of aryl methyl sites for hydroxylation is 2. The molecule has 0 bridgehead atoms. The van der Waals surface area contributed by atoms with Crippen molar-refractivity contribution in [1.82, 2.24) is 19.7 Å². The maximum Gasteiger partial charge on any atom is 0.223 e. The summed E-state index contributed by atoms with van der Waals surface area (Å²) in [5.74, 6) is 0.683. The Morgan fingerprint density at radius 1 is 1.35 bits per heavy atom. The fourth-order valence-corrected chi connectivity index (χ4v) is 1.64. The molecule has 17 heavy (non-hydrogen) atoms. The Morgan fingerprint density at radius 2 is 2.18 bits per heavy atom. The predicted octanol–water partition coefficient (Wildman–Crippen LogP) is 2.01. The van der Waals surface area contributed by atoms with Crippen molar-refractivity contribution in [3.8, 4) is 11.4 Å². The van der Waals surface area contributed by atoms with Gasteiger partial charge in [0.15, 0.2) is 0 Å². The normalized spacial score (nSPS) is 10.5. The number of nitrogens with zero attached hydrogens (tertiary/aromatic N) is 4. The molecule has 5 nitrogen and oxygen atoms in total. The lowest BCUT2D eigenvalue weighted by Gasteiger charge is -2.07. The number of hydrogen-bond donors (Lipinski definition) is 1. The molecule has 0 fully saturated rings. The molecule has 0 amide bonds. The Kier molecular flexibility index (Phi) is 3.37. The third-order valence-corrected chi connectivity index (χ3v) is 2.47. The fraction of sp³-hybridized carbons (Fsp3) is 0.417. The monoisotopic (exact) mass is 231 g/mol. The van der Waals surface area contributed by atoms with Crippen molar-refractivity contribution in [2.45, 2.75) is 20.3 Å². The van der Waals surface area contributed by atoms with Crippen LogP contribution in [0.25, 0.3) is 11.4 Å². The standard InChI is InChI=1S/C12H17N5/c1-4-6-13-12-15-9(2)8-10(16-12)11-5-7-14-17(11)3/h5,7-8H,4,6H2,1-3H3,(H,13,15,16). The molecule has 0 saturated carbocycles. The average molecular weight is 231 g/mol. The molecule has 2 aromatic heterocycles. The zero-order valence-electron chi connectivity index (χ0n) is 10.4. The highest BCUT2D eigenvalue weighted by molar-refractivity contribution is 5.56. The molecule has 0 radical (unpaired) electrons. The Balaban J connectivity index is 2.35. The van der Waals surface area contributed by atoms with E-state index in [0.29, 0.717) is 5.95 Å². The van der Waals surface area contributed by atoms with Crippen LogP contribution in [0, 0.1) is 6.92 Å². The van der Waals surface area contributed by atoms with Gasteiger partial charge in [-0.3, -0.25) is 4.68 Å². The van der Waals surface area contributed by atoms with Gasteiger partial charge < -0.3 is 5.32 Å². The smallest absolute Gasteiger partial charge is 0.223 e. The van der Waals surface area contributed by atoms with Gasteiger partial charge in [-0.05, 0) is 25.5 Å². The van der Waals surface area contributed by atoms with Gasteiger partial charge in [-0.2, -0.15) is 5.10 Å². The molecule has 90 valence electrons. The van der Waals surface area contributed by atoms with E-state index in [4.69, 9.17) is 0 Å². The van der Waals surface area contributed by atoms with Crippen molar-refractivity contribution in [1.29, 1.82) is 0 Å². The van der Waals surface area contributed by atoms with E-state index in [9.17, 15) is 0 Å². The Labute approximate surface area is 101 Å². The number of aromatic nitrogens is 4. The zero-order valence-corrected chi connectivity index (χ0v) is 10.4. The van der Waals surface area contributed by atoms with E-state index in [-0.39, 0.29) is 0 Å². The lowest BCUT2D eigenvalue weighted by Crippen LogP contribution is -2.06. The molecule has 5 heteroatoms. The van der Waals surface area contributed by atoms with Crippen LogP contribution in [0.3, 0.4) is 0 Å². The van der Waals surface area contributed by atoms with E-state index in [1.54, 1.807) is 6.20 Å². The molecule has 0 spiro atoms. The van der Waals surface area contributed by atoms with E-state index in [2.05, 4.69) is 27.3 Å². The summed E-state index contributed by atoms with van der Waals surface area (Å²) >= 11 is 0. The molecule has 1 N–H and O–H groups in total. The van der Waals surface area contributed by atoms with E-state index in [1.165, 1.54) is 0 Å². The molecule has 0 aliphatic heterocycles. The second-order valence-corrected chi connectivity index (χ2v) is 3.99. The quantitative estimate of drug-likeness (QED) is 0.874. The summed E-state index contributed by atoms with van der Waals surface area (Å²) in [7, 11) is 1.91. The molecule has 0 saturated heterocycles. The van der Waals surface area contributed by atoms with E-state index >= 15 is 0 Å². The van der Waals surface area contributed by atoms with Gasteiger partial charge in [0.05, 0.1) is 11.4 Å². The molecule has 2 aromatic rings. The van der Waals surface area contributed by atoms with Gasteiger partial charge in [-0.15, -0.1) is 0 Å². The number of nitrogens with one attached hydrogen (secondary N) is 1. The first-order valence-corrected chi connectivity index (χ1v) is 5.78. The minimum Gasteiger partial charge on any atom is -0.354 e. The molecule has 0 aliphatic rings. The van der Waals surface area contributed by atoms with Crippen LogP contribution >= 0.6 is 0 Å². The first-order valence-electron chi connectivity index (χ1n) is 5.78. The summed E-state index contributed by atoms with van der Waals surface area (Å²) in [6, 6.07) is 3.92. The van der Waals surface area contributed by atoms with Crippen molar-refractivity contribution in [2.75, 3.05) is 11.9 Å². The van der Waals surface area contributed by atoms with Crippen LogP contribution in [0.5, 0.6) is 0 Å². The Bertz CT molecular complexity index is 503. The van der Waals surface area contributed by atoms with Gasteiger partial charge in [-0.25, -0.2) is 9.97 Å². The summed E-state index contributed by atoms with van der Waals surface area (Å²) < 4.78 is 1.81. The van der Waals surface area contributed by atoms with Gasteiger partial charge in [0.25, 0.3) is 0 Å². The molecule has 2 rings (SSSR count). The second-order valence-electron chi connectivity index (χ2n) is 3.99. The molecular formula is C12H17N5. The van der Waals surface area contributed by atoms with Gasteiger partial charge in [0, 0.05) is 25.5 Å². The second kappa shape index (κ2) is 4.95. The van der Waals surface area contributed by atoms with Crippen molar-refractivity contribution in [3.63, 3.8) is 0 Å². The van der Waals surface area contributed by atoms with Gasteiger partial charge >= 0.3 is 0 Å². The maximum absolute atomic E-state index is 4.49. The maximum atomic E-state index is 4.49. The van der Waals surface area contributed by atoms with Crippen LogP contribution in [0.2, 0.25) is 0 Å². The first-order chi connectivity index (χ1) is 8.20. The van der Waals surface area contributed by atoms with Gasteiger partial charge in [0.1, 0.15) is 0 Å². The van der Waals surface area contributed by atoms with Crippen LogP contribution in [0.15, 0.2) is 18.3 Å². The number of hydrogen-bond acceptors (Lipinski definition) is 4. The molecule has 0 aromatic carbocycles. The molecule has 0 atom stereocenters. The minimum atomic E-state index is 0.683. The number of anilines is 1. The van der Waals surface area contributed by atoms with E-state index in [0.717, 1.165) is 30.0 Å². The van der Waals surface area contributed by atoms with Crippen LogP contribution in [-0.2, 0) is 7.05 Å². The van der Waals surface area contributed by atoms with E-state index in [1.807, 2.05) is 30.8 Å². The topological polar surface area (TPSA) is 55.6 Å². The SMILES string of the molecule is CCCNc1nc(C)cc(-c2ccnn2C)n1. The van der Waals surface area contributed by atoms with Crippen molar-refractivity contribution in [2.24, 2.45) is 7.05 Å². The molecule has 0 aliphatic carbocycles. The number of rotatable bonds is 4. The van der Waals surface area contributed by atoms with Crippen molar-refractivity contribution in [3.05, 3.63) is 24.0 Å². The van der Waals surface area contributed by atoms with Crippen LogP contribution < -0.4 is 5.32 Å². The summed E-state index contributed by atoms with van der Waals surface area (Å²) in [6.07, 6.45) is 2.82. The summed E-state index contributed by atoms with van der Waals surface area (Å²) in [4.78, 5) is 8.85. The molecule has 2 heterocycles. The lowest BCUT2D eigenvalue weighted by molar-refractivity contribution is 0.772. The zero-order chi connectivity index (χ0) is 12.3. The highest BCUT2D eigenvalue weighted by Gasteiger charge is 2.07. The first kappa shape index (κ1) is 11.6. The highest BCUT2D eigenvalue weighted by Crippen LogP contribution is 2.17. The Morgan fingerprint density at radius 3 is 2.82 bits per heavy atom. The fourth-order valence-electron chi connectivity index (χ4n) is 1.64. The molecular weight excluding hydrogens is 214 g/mol. The van der Waals surface area contributed by atoms with Crippen LogP contribution in [-0.4, -0.2) is 26.3 Å².